The van der Waals surface area contributed by atoms with Gasteiger partial charge in [0.15, 0.2) is 0 Å². The van der Waals surface area contributed by atoms with Gasteiger partial charge in [-0.25, -0.2) is 0 Å². The van der Waals surface area contributed by atoms with Gasteiger partial charge in [0.1, 0.15) is 13.2 Å². The molecule has 0 aliphatic heterocycles. The first kappa shape index (κ1) is 64.2. The number of carbonyl (C=O) groups is 1. The number of likely N-dealkylation sites (N-methyl/N-ethyl adjacent to an activating group) is 1. The normalized spacial score (nSPS) is 14.0. The highest BCUT2D eigenvalue weighted by molar-refractivity contribution is 7.45. The van der Waals surface area contributed by atoms with Gasteiger partial charge in [0.2, 0.25) is 5.91 Å². The molecule has 0 spiro atoms. The van der Waals surface area contributed by atoms with Crippen molar-refractivity contribution in [2.75, 3.05) is 40.9 Å². The lowest BCUT2D eigenvalue weighted by Crippen LogP contribution is -2.45. The highest BCUT2D eigenvalue weighted by Crippen LogP contribution is 2.38. The van der Waals surface area contributed by atoms with Gasteiger partial charge in [0.05, 0.1) is 39.9 Å². The monoisotopic (exact) mass is 941 g/mol. The van der Waals surface area contributed by atoms with Gasteiger partial charge < -0.3 is 28.8 Å². The fourth-order valence-corrected chi connectivity index (χ4v) is 9.47. The van der Waals surface area contributed by atoms with E-state index in [1.807, 2.05) is 27.2 Å². The van der Waals surface area contributed by atoms with Gasteiger partial charge in [-0.2, -0.15) is 0 Å². The number of phosphoric acid groups is 1. The van der Waals surface area contributed by atoms with Crippen molar-refractivity contribution >= 4 is 13.7 Å². The molecule has 0 radical (unpaired) electrons. The molecule has 0 rings (SSSR count). The summed E-state index contributed by atoms with van der Waals surface area (Å²) in [6.45, 7) is 4.59. The van der Waals surface area contributed by atoms with Crippen LogP contribution in [0.5, 0.6) is 0 Å². The third-order valence-electron chi connectivity index (χ3n) is 13.2. The standard InChI is InChI=1S/C56H113N2O6P/c1-6-8-10-12-14-15-16-17-18-19-20-21-22-23-24-25-26-27-28-29-30-31-32-33-34-35-36-37-38-39-40-41-42-43-44-46-48-50-56(60)57-54(55(59)49-47-45-13-11-9-7-2)53-64-65(61,62)63-52-51-58(3,4)5/h47,49,54-55,59H,6-46,48,50-53H2,1-5H3,(H-,57,60,61,62)/b49-47+. The Morgan fingerprint density at radius 3 is 1.15 bits per heavy atom. The number of aliphatic hydroxyl groups is 1. The third kappa shape index (κ3) is 50.9. The lowest BCUT2D eigenvalue weighted by Gasteiger charge is -2.29. The molecule has 0 aliphatic carbocycles. The van der Waals surface area contributed by atoms with Crippen LogP contribution in [0.3, 0.4) is 0 Å². The van der Waals surface area contributed by atoms with Crippen LogP contribution in [0, 0.1) is 0 Å². The zero-order valence-electron chi connectivity index (χ0n) is 44.2. The number of unbranched alkanes of at least 4 members (excludes halogenated alkanes) is 40. The molecule has 0 saturated carbocycles. The van der Waals surface area contributed by atoms with Crippen molar-refractivity contribution in [1.82, 2.24) is 5.32 Å². The summed E-state index contributed by atoms with van der Waals surface area (Å²) >= 11 is 0. The van der Waals surface area contributed by atoms with Crippen LogP contribution in [-0.4, -0.2) is 68.5 Å². The van der Waals surface area contributed by atoms with Crippen LogP contribution in [0.4, 0.5) is 0 Å². The second-order valence-electron chi connectivity index (χ2n) is 21.0. The number of nitrogens with zero attached hydrogens (tertiary/aromatic N) is 1. The number of aliphatic hydroxyl groups excluding tert-OH is 1. The van der Waals surface area contributed by atoms with Gasteiger partial charge in [-0.15, -0.1) is 0 Å². The molecule has 9 heteroatoms. The van der Waals surface area contributed by atoms with E-state index in [1.54, 1.807) is 6.08 Å². The lowest BCUT2D eigenvalue weighted by atomic mass is 10.0. The Bertz CT molecular complexity index is 1070. The van der Waals surface area contributed by atoms with Crippen molar-refractivity contribution in [2.45, 2.75) is 302 Å². The van der Waals surface area contributed by atoms with Crippen LogP contribution in [0.15, 0.2) is 12.2 Å². The molecule has 388 valence electrons. The van der Waals surface area contributed by atoms with E-state index in [-0.39, 0.29) is 19.1 Å². The molecule has 0 aromatic carbocycles. The molecule has 65 heavy (non-hydrogen) atoms. The molecule has 0 bridgehead atoms. The number of rotatable bonds is 53. The molecule has 0 aliphatic rings. The summed E-state index contributed by atoms with van der Waals surface area (Å²) in [6, 6.07) is -0.878. The van der Waals surface area contributed by atoms with Crippen molar-refractivity contribution in [3.8, 4) is 0 Å². The third-order valence-corrected chi connectivity index (χ3v) is 14.2. The largest absolute Gasteiger partial charge is 0.756 e. The van der Waals surface area contributed by atoms with Gasteiger partial charge in [0, 0.05) is 6.42 Å². The maximum atomic E-state index is 12.8. The van der Waals surface area contributed by atoms with Gasteiger partial charge in [-0.05, 0) is 19.3 Å². The maximum absolute atomic E-state index is 12.8. The second-order valence-corrected chi connectivity index (χ2v) is 22.4. The SMILES string of the molecule is CCCCCC/C=C/C(O)C(COP(=O)([O-])OCC[N+](C)(C)C)NC(=O)CCCCCCCCCCCCCCCCCCCCCCCCCCCCCCCCCCCCCCC. The van der Waals surface area contributed by atoms with Crippen LogP contribution < -0.4 is 10.2 Å². The van der Waals surface area contributed by atoms with Crippen LogP contribution in [0.2, 0.25) is 0 Å². The molecule has 2 N–H and O–H groups in total. The molecule has 0 aromatic rings. The predicted molar refractivity (Wildman–Crippen MR) is 279 cm³/mol. The summed E-state index contributed by atoms with van der Waals surface area (Å²) in [6.07, 6.45) is 59.4. The van der Waals surface area contributed by atoms with Crippen LogP contribution in [-0.2, 0) is 18.4 Å². The van der Waals surface area contributed by atoms with E-state index in [9.17, 15) is 19.4 Å². The highest BCUT2D eigenvalue weighted by Gasteiger charge is 2.23. The highest BCUT2D eigenvalue weighted by atomic mass is 31.2. The van der Waals surface area contributed by atoms with Crippen molar-refractivity contribution in [2.24, 2.45) is 0 Å². The molecule has 3 unspecified atom stereocenters. The van der Waals surface area contributed by atoms with Gasteiger partial charge in [0.25, 0.3) is 7.82 Å². The van der Waals surface area contributed by atoms with Crippen molar-refractivity contribution in [3.63, 3.8) is 0 Å². The van der Waals surface area contributed by atoms with Crippen molar-refractivity contribution in [3.05, 3.63) is 12.2 Å². The molecular formula is C56H113N2O6P. The molecule has 0 heterocycles. The summed E-state index contributed by atoms with van der Waals surface area (Å²) in [7, 11) is 1.27. The Labute approximate surface area is 405 Å². The van der Waals surface area contributed by atoms with Crippen LogP contribution >= 0.6 is 7.82 Å². The van der Waals surface area contributed by atoms with E-state index in [4.69, 9.17) is 9.05 Å². The van der Waals surface area contributed by atoms with Gasteiger partial charge in [-0.1, -0.05) is 276 Å². The number of hydrogen-bond donors (Lipinski definition) is 2. The molecule has 0 aromatic heterocycles. The average Bonchev–Trinajstić information content (AvgIpc) is 3.26. The number of amides is 1. The number of carbonyl (C=O) groups excluding carboxylic acids is 1. The lowest BCUT2D eigenvalue weighted by molar-refractivity contribution is -0.870. The van der Waals surface area contributed by atoms with E-state index >= 15 is 0 Å². The van der Waals surface area contributed by atoms with Crippen LogP contribution in [0.25, 0.3) is 0 Å². The Balaban J connectivity index is 3.69. The minimum atomic E-state index is -4.57. The van der Waals surface area contributed by atoms with Gasteiger partial charge >= 0.3 is 0 Å². The van der Waals surface area contributed by atoms with Crippen molar-refractivity contribution < 1.29 is 32.9 Å². The smallest absolute Gasteiger partial charge is 0.268 e. The summed E-state index contributed by atoms with van der Waals surface area (Å²) in [5.74, 6) is -0.197. The van der Waals surface area contributed by atoms with Crippen molar-refractivity contribution in [1.29, 1.82) is 0 Å². The first-order valence-electron chi connectivity index (χ1n) is 28.6. The first-order chi connectivity index (χ1) is 31.5. The summed E-state index contributed by atoms with van der Waals surface area (Å²) in [4.78, 5) is 25.2. The molecule has 0 fully saturated rings. The number of hydrogen-bond acceptors (Lipinski definition) is 6. The fraction of sp³-hybridized carbons (Fsp3) is 0.946. The number of allylic oxidation sites excluding steroid dienone is 1. The molecule has 0 saturated heterocycles. The van der Waals surface area contributed by atoms with Gasteiger partial charge in [-0.3, -0.25) is 9.36 Å². The maximum Gasteiger partial charge on any atom is 0.268 e. The fourth-order valence-electron chi connectivity index (χ4n) is 8.74. The average molecular weight is 942 g/mol. The molecular weight excluding hydrogens is 828 g/mol. The summed E-state index contributed by atoms with van der Waals surface area (Å²) in [5.41, 5.74) is 0. The zero-order chi connectivity index (χ0) is 47.8. The Morgan fingerprint density at radius 1 is 0.523 bits per heavy atom. The number of phosphoric ester groups is 1. The topological polar surface area (TPSA) is 108 Å². The Hall–Kier alpha value is -0.760. The summed E-state index contributed by atoms with van der Waals surface area (Å²) < 4.78 is 23.1. The van der Waals surface area contributed by atoms with E-state index in [0.29, 0.717) is 17.4 Å². The first-order valence-corrected chi connectivity index (χ1v) is 30.0. The number of nitrogens with one attached hydrogen (secondary N) is 1. The van der Waals surface area contributed by atoms with Crippen LogP contribution in [0.1, 0.15) is 290 Å². The Kier molecular flexibility index (Phi) is 47.7. The molecule has 3 atom stereocenters. The minimum Gasteiger partial charge on any atom is -0.756 e. The molecule has 8 nitrogen and oxygen atoms in total. The zero-order valence-corrected chi connectivity index (χ0v) is 45.1. The quantitative estimate of drug-likeness (QED) is 0.0272. The Morgan fingerprint density at radius 2 is 0.831 bits per heavy atom. The predicted octanol–water partition coefficient (Wildman–Crippen LogP) is 16.4. The second kappa shape index (κ2) is 48.3. The van der Waals surface area contributed by atoms with E-state index in [1.165, 1.54) is 225 Å². The molecule has 1 amide bonds. The van der Waals surface area contributed by atoms with E-state index < -0.39 is 20.0 Å². The number of quaternary nitrogens is 1. The minimum absolute atomic E-state index is 0.00128. The van der Waals surface area contributed by atoms with E-state index in [2.05, 4.69) is 19.2 Å². The van der Waals surface area contributed by atoms with E-state index in [0.717, 1.165) is 44.9 Å². The summed E-state index contributed by atoms with van der Waals surface area (Å²) in [5, 5.41) is 13.7.